The van der Waals surface area contributed by atoms with Crippen LogP contribution in [0.15, 0.2) is 55.0 Å². The quantitative estimate of drug-likeness (QED) is 0.571. The maximum atomic E-state index is 4.95. The number of nitrogens with zero attached hydrogens (tertiary/aromatic N) is 5. The molecule has 0 N–H and O–H groups in total. The molecule has 0 unspecified atom stereocenters. The number of fused-ring (bicyclic) bond motifs is 1. The monoisotopic (exact) mass is 317 g/mol. The molecule has 4 rings (SSSR count). The van der Waals surface area contributed by atoms with E-state index in [0.29, 0.717) is 0 Å². The summed E-state index contributed by atoms with van der Waals surface area (Å²) in [6.45, 7) is 5.80. The lowest BCUT2D eigenvalue weighted by Gasteiger charge is -2.09. The number of aryl methyl sites for hydroxylation is 2. The van der Waals surface area contributed by atoms with Crippen molar-refractivity contribution in [2.45, 2.75) is 26.9 Å². The summed E-state index contributed by atoms with van der Waals surface area (Å²) in [4.78, 5) is 4.95. The average molecular weight is 317 g/mol. The van der Waals surface area contributed by atoms with E-state index in [-0.39, 0.29) is 0 Å². The van der Waals surface area contributed by atoms with E-state index < -0.39 is 0 Å². The smallest absolute Gasteiger partial charge is 0.158 e. The van der Waals surface area contributed by atoms with Gasteiger partial charge in [-0.25, -0.2) is 9.67 Å². The standard InChI is InChI=1S/C19H19N5/c1-3-23-13-16(12-20-23)18-17(14-8-6-5-7-9-14)10-15-11-21-24(4-2)19(15)22-18/h5-13H,3-4H2,1-2H3. The predicted octanol–water partition coefficient (Wildman–Crippen LogP) is 4.00. The lowest BCUT2D eigenvalue weighted by molar-refractivity contribution is 0.660. The molecule has 1 aromatic carbocycles. The number of pyridine rings is 1. The Balaban J connectivity index is 2.00. The lowest BCUT2D eigenvalue weighted by atomic mass is 10.0. The minimum absolute atomic E-state index is 0.800. The van der Waals surface area contributed by atoms with Gasteiger partial charge in [-0.15, -0.1) is 0 Å². The fourth-order valence-corrected chi connectivity index (χ4v) is 2.96. The molecule has 0 radical (unpaired) electrons. The van der Waals surface area contributed by atoms with Crippen molar-refractivity contribution in [3.05, 3.63) is 55.0 Å². The normalized spacial score (nSPS) is 11.2. The van der Waals surface area contributed by atoms with Crippen LogP contribution in [-0.4, -0.2) is 24.5 Å². The van der Waals surface area contributed by atoms with Gasteiger partial charge in [0.25, 0.3) is 0 Å². The van der Waals surface area contributed by atoms with Crippen LogP contribution < -0.4 is 0 Å². The van der Waals surface area contributed by atoms with Crippen LogP contribution in [-0.2, 0) is 13.1 Å². The van der Waals surface area contributed by atoms with Gasteiger partial charge < -0.3 is 0 Å². The third-order valence-corrected chi connectivity index (χ3v) is 4.23. The van der Waals surface area contributed by atoms with Crippen LogP contribution in [0.1, 0.15) is 13.8 Å². The molecule has 0 saturated carbocycles. The summed E-state index contributed by atoms with van der Waals surface area (Å²) in [5.41, 5.74) is 5.14. The molecule has 0 amide bonds. The van der Waals surface area contributed by atoms with E-state index in [1.54, 1.807) is 0 Å². The topological polar surface area (TPSA) is 48.5 Å². The van der Waals surface area contributed by atoms with Gasteiger partial charge in [-0.2, -0.15) is 10.2 Å². The molecule has 0 atom stereocenters. The second-order valence-corrected chi connectivity index (χ2v) is 5.71. The number of aromatic nitrogens is 5. The molecule has 0 spiro atoms. The van der Waals surface area contributed by atoms with Crippen LogP contribution in [0.3, 0.4) is 0 Å². The van der Waals surface area contributed by atoms with E-state index in [1.165, 1.54) is 0 Å². The fourth-order valence-electron chi connectivity index (χ4n) is 2.96. The van der Waals surface area contributed by atoms with Gasteiger partial charge in [0.2, 0.25) is 0 Å². The highest BCUT2D eigenvalue weighted by molar-refractivity contribution is 5.89. The molecule has 5 heteroatoms. The maximum absolute atomic E-state index is 4.95. The molecule has 0 aliphatic carbocycles. The van der Waals surface area contributed by atoms with Crippen molar-refractivity contribution >= 4 is 11.0 Å². The highest BCUT2D eigenvalue weighted by Gasteiger charge is 2.15. The third kappa shape index (κ3) is 2.38. The number of hydrogen-bond donors (Lipinski definition) is 0. The first-order valence-corrected chi connectivity index (χ1v) is 8.25. The minimum atomic E-state index is 0.800. The van der Waals surface area contributed by atoms with Crippen molar-refractivity contribution in [3.8, 4) is 22.4 Å². The van der Waals surface area contributed by atoms with Crippen molar-refractivity contribution in [1.29, 1.82) is 0 Å². The first-order chi connectivity index (χ1) is 11.8. The second-order valence-electron chi connectivity index (χ2n) is 5.71. The zero-order chi connectivity index (χ0) is 16.5. The Morgan fingerprint density at radius 3 is 2.46 bits per heavy atom. The van der Waals surface area contributed by atoms with Crippen LogP contribution >= 0.6 is 0 Å². The number of hydrogen-bond acceptors (Lipinski definition) is 3. The molecular formula is C19H19N5. The molecule has 4 aromatic rings. The summed E-state index contributed by atoms with van der Waals surface area (Å²) in [5.74, 6) is 0. The summed E-state index contributed by atoms with van der Waals surface area (Å²) in [6, 6.07) is 12.5. The van der Waals surface area contributed by atoms with Gasteiger partial charge in [0.15, 0.2) is 5.65 Å². The van der Waals surface area contributed by atoms with E-state index >= 15 is 0 Å². The van der Waals surface area contributed by atoms with E-state index in [1.807, 2.05) is 46.2 Å². The molecule has 0 aliphatic heterocycles. The molecule has 0 saturated heterocycles. The van der Waals surface area contributed by atoms with Gasteiger partial charge in [0.05, 0.1) is 18.1 Å². The van der Waals surface area contributed by atoms with Gasteiger partial charge in [0.1, 0.15) is 0 Å². The van der Waals surface area contributed by atoms with Gasteiger partial charge in [-0.3, -0.25) is 4.68 Å². The van der Waals surface area contributed by atoms with Crippen LogP contribution in [0.5, 0.6) is 0 Å². The van der Waals surface area contributed by atoms with Crippen LogP contribution in [0, 0.1) is 0 Å². The molecule has 0 aliphatic rings. The van der Waals surface area contributed by atoms with Crippen molar-refractivity contribution in [2.75, 3.05) is 0 Å². The zero-order valence-corrected chi connectivity index (χ0v) is 13.8. The van der Waals surface area contributed by atoms with Crippen molar-refractivity contribution in [2.24, 2.45) is 0 Å². The number of rotatable bonds is 4. The van der Waals surface area contributed by atoms with Crippen molar-refractivity contribution < 1.29 is 0 Å². The summed E-state index contributed by atoms with van der Waals surface area (Å²) in [5, 5.41) is 9.91. The Bertz CT molecular complexity index is 982. The fraction of sp³-hybridized carbons (Fsp3) is 0.211. The maximum Gasteiger partial charge on any atom is 0.158 e. The molecule has 3 heterocycles. The Morgan fingerprint density at radius 2 is 1.75 bits per heavy atom. The van der Waals surface area contributed by atoms with Gasteiger partial charge in [0, 0.05) is 35.8 Å². The van der Waals surface area contributed by atoms with Crippen molar-refractivity contribution in [1.82, 2.24) is 24.5 Å². The Kier molecular flexibility index (Phi) is 3.61. The Morgan fingerprint density at radius 1 is 0.917 bits per heavy atom. The average Bonchev–Trinajstić information content (AvgIpc) is 3.27. The molecule has 5 nitrogen and oxygen atoms in total. The summed E-state index contributed by atoms with van der Waals surface area (Å²) >= 11 is 0. The highest BCUT2D eigenvalue weighted by Crippen LogP contribution is 2.33. The highest BCUT2D eigenvalue weighted by atomic mass is 15.3. The van der Waals surface area contributed by atoms with Gasteiger partial charge >= 0.3 is 0 Å². The molecule has 24 heavy (non-hydrogen) atoms. The predicted molar refractivity (Wildman–Crippen MR) is 95.5 cm³/mol. The van der Waals surface area contributed by atoms with Crippen molar-refractivity contribution in [3.63, 3.8) is 0 Å². The second kappa shape index (κ2) is 5.92. The van der Waals surface area contributed by atoms with E-state index in [9.17, 15) is 0 Å². The molecule has 0 bridgehead atoms. The first kappa shape index (κ1) is 14.6. The van der Waals surface area contributed by atoms with Crippen LogP contribution in [0.25, 0.3) is 33.4 Å². The van der Waals surface area contributed by atoms with Gasteiger partial charge in [-0.05, 0) is 25.5 Å². The molecule has 0 fully saturated rings. The summed E-state index contributed by atoms with van der Waals surface area (Å²) in [7, 11) is 0. The third-order valence-electron chi connectivity index (χ3n) is 4.23. The zero-order valence-electron chi connectivity index (χ0n) is 13.8. The molecular weight excluding hydrogens is 298 g/mol. The number of benzene rings is 1. The Labute approximate surface area is 140 Å². The Hall–Kier alpha value is -2.95. The van der Waals surface area contributed by atoms with E-state index in [4.69, 9.17) is 4.98 Å². The molecule has 3 aromatic heterocycles. The van der Waals surface area contributed by atoms with Gasteiger partial charge in [-0.1, -0.05) is 30.3 Å². The summed E-state index contributed by atoms with van der Waals surface area (Å²) < 4.78 is 3.85. The van der Waals surface area contributed by atoms with Crippen LogP contribution in [0.4, 0.5) is 0 Å². The van der Waals surface area contributed by atoms with Crippen LogP contribution in [0.2, 0.25) is 0 Å². The van der Waals surface area contributed by atoms with E-state index in [2.05, 4.69) is 42.2 Å². The SMILES string of the molecule is CCn1cc(-c2nc3c(cnn3CC)cc2-c2ccccc2)cn1. The minimum Gasteiger partial charge on any atom is -0.272 e. The summed E-state index contributed by atoms with van der Waals surface area (Å²) in [6.07, 6.45) is 5.82. The first-order valence-electron chi connectivity index (χ1n) is 8.25. The lowest BCUT2D eigenvalue weighted by Crippen LogP contribution is -1.99. The largest absolute Gasteiger partial charge is 0.272 e. The molecule has 120 valence electrons. The van der Waals surface area contributed by atoms with E-state index in [0.717, 1.165) is 46.5 Å².